The number of rotatable bonds is 2. The molecule has 0 fully saturated rings. The molecule has 0 spiro atoms. The Balaban J connectivity index is 2.02. The molecular weight excluding hydrogens is 235 g/mol. The first kappa shape index (κ1) is 11.8. The molecule has 6 heteroatoms. The Morgan fingerprint density at radius 2 is 1.88 bits per heavy atom. The molecule has 0 bridgehead atoms. The zero-order valence-corrected chi connectivity index (χ0v) is 8.94. The van der Waals surface area contributed by atoms with Crippen LogP contribution in [-0.2, 0) is 11.0 Å². The molecule has 1 atom stereocenters. The van der Waals surface area contributed by atoms with Crippen molar-refractivity contribution in [2.75, 3.05) is 0 Å². The maximum atomic E-state index is 12.3. The van der Waals surface area contributed by atoms with E-state index in [0.717, 1.165) is 17.4 Å². The van der Waals surface area contributed by atoms with Crippen LogP contribution in [0.25, 0.3) is 0 Å². The third-order valence-corrected chi connectivity index (χ3v) is 2.13. The number of benzene rings is 1. The number of nitrogens with zero attached hydrogens (tertiary/aromatic N) is 1. The maximum Gasteiger partial charge on any atom is 0.416 e. The monoisotopic (exact) mass is 245 g/mol. The average Bonchev–Trinajstić information content (AvgIpc) is 2.63. The number of hydrogen-bond donors (Lipinski definition) is 0. The fourth-order valence-corrected chi connectivity index (χ4v) is 1.29. The van der Waals surface area contributed by atoms with E-state index in [1.54, 1.807) is 12.3 Å². The summed E-state index contributed by atoms with van der Waals surface area (Å²) < 4.78 is 36.9. The summed E-state index contributed by atoms with van der Waals surface area (Å²) in [4.78, 5) is 10.3. The summed E-state index contributed by atoms with van der Waals surface area (Å²) >= 11 is 0. The van der Waals surface area contributed by atoms with Gasteiger partial charge in [0.1, 0.15) is 6.10 Å². The fourth-order valence-electron chi connectivity index (χ4n) is 1.29. The van der Waals surface area contributed by atoms with E-state index in [9.17, 15) is 13.2 Å². The van der Waals surface area contributed by atoms with E-state index in [1.807, 2.05) is 6.92 Å². The molecule has 0 aliphatic carbocycles. The molecule has 1 aromatic rings. The highest BCUT2D eigenvalue weighted by Crippen LogP contribution is 2.30. The van der Waals surface area contributed by atoms with Gasteiger partial charge in [-0.25, -0.2) is 4.84 Å². The molecule has 1 heterocycles. The molecule has 0 aromatic heterocycles. The maximum absolute atomic E-state index is 12.3. The van der Waals surface area contributed by atoms with Crippen LogP contribution in [0, 0.1) is 0 Å². The van der Waals surface area contributed by atoms with Crippen LogP contribution in [0.15, 0.2) is 36.5 Å². The number of alkyl halides is 3. The summed E-state index contributed by atoms with van der Waals surface area (Å²) in [5.41, 5.74) is -0.712. The van der Waals surface area contributed by atoms with Gasteiger partial charge in [-0.2, -0.15) is 13.2 Å². The molecule has 1 unspecified atom stereocenters. The first-order chi connectivity index (χ1) is 7.95. The average molecular weight is 245 g/mol. The second-order valence-corrected chi connectivity index (χ2v) is 3.55. The van der Waals surface area contributed by atoms with E-state index in [1.165, 1.54) is 12.1 Å². The largest absolute Gasteiger partial charge is 0.416 e. The quantitative estimate of drug-likeness (QED) is 0.798. The lowest BCUT2D eigenvalue weighted by atomic mass is 10.2. The van der Waals surface area contributed by atoms with E-state index in [2.05, 4.69) is 0 Å². The molecule has 0 saturated heterocycles. The van der Waals surface area contributed by atoms with Gasteiger partial charge in [0.15, 0.2) is 5.75 Å². The van der Waals surface area contributed by atoms with Crippen LogP contribution in [0.5, 0.6) is 5.75 Å². The van der Waals surface area contributed by atoms with Crippen LogP contribution in [0.4, 0.5) is 13.2 Å². The van der Waals surface area contributed by atoms with Crippen molar-refractivity contribution in [1.82, 2.24) is 5.23 Å². The van der Waals surface area contributed by atoms with Gasteiger partial charge in [0.05, 0.1) is 11.8 Å². The topological polar surface area (TPSA) is 21.7 Å². The van der Waals surface area contributed by atoms with Crippen LogP contribution in [0.1, 0.15) is 12.5 Å². The van der Waals surface area contributed by atoms with Gasteiger partial charge in [-0.05, 0) is 37.3 Å². The van der Waals surface area contributed by atoms with E-state index in [-0.39, 0.29) is 11.9 Å². The van der Waals surface area contributed by atoms with Gasteiger partial charge in [-0.3, -0.25) is 0 Å². The Morgan fingerprint density at radius 1 is 1.24 bits per heavy atom. The summed E-state index contributed by atoms with van der Waals surface area (Å²) in [7, 11) is 0. The summed E-state index contributed by atoms with van der Waals surface area (Å²) in [6, 6.07) is 4.39. The van der Waals surface area contributed by atoms with Crippen molar-refractivity contribution < 1.29 is 22.8 Å². The van der Waals surface area contributed by atoms with Crippen molar-refractivity contribution in [2.45, 2.75) is 19.2 Å². The predicted molar refractivity (Wildman–Crippen MR) is 53.6 cm³/mol. The molecule has 0 amide bonds. The van der Waals surface area contributed by atoms with Gasteiger partial charge >= 0.3 is 6.18 Å². The van der Waals surface area contributed by atoms with E-state index < -0.39 is 11.7 Å². The molecular formula is C11H10F3NO2. The Labute approximate surface area is 96.0 Å². The van der Waals surface area contributed by atoms with Crippen molar-refractivity contribution in [3.05, 3.63) is 42.1 Å². The first-order valence-electron chi connectivity index (χ1n) is 4.95. The normalized spacial score (nSPS) is 19.8. The number of hydroxylamine groups is 2. The minimum atomic E-state index is -4.34. The molecule has 2 rings (SSSR count). The molecule has 1 aliphatic heterocycles. The van der Waals surface area contributed by atoms with Crippen molar-refractivity contribution in [3.8, 4) is 5.75 Å². The summed E-state index contributed by atoms with van der Waals surface area (Å²) in [6.45, 7) is 1.81. The second kappa shape index (κ2) is 4.29. The minimum Gasteiger partial charge on any atom is -0.354 e. The molecule has 92 valence electrons. The predicted octanol–water partition coefficient (Wildman–Crippen LogP) is 3.15. The summed E-state index contributed by atoms with van der Waals surface area (Å²) in [6.07, 6.45) is -1.13. The van der Waals surface area contributed by atoms with E-state index in [0.29, 0.717) is 0 Å². The molecule has 1 aromatic carbocycles. The zero-order valence-electron chi connectivity index (χ0n) is 8.94. The molecule has 0 radical (unpaired) electrons. The Morgan fingerprint density at radius 3 is 2.35 bits per heavy atom. The van der Waals surface area contributed by atoms with Crippen molar-refractivity contribution >= 4 is 0 Å². The Bertz CT molecular complexity index is 414. The lowest BCUT2D eigenvalue weighted by molar-refractivity contribution is -0.281. The first-order valence-corrected chi connectivity index (χ1v) is 4.95. The third kappa shape index (κ3) is 2.91. The van der Waals surface area contributed by atoms with Crippen molar-refractivity contribution in [1.29, 1.82) is 0 Å². The number of hydrogen-bond acceptors (Lipinski definition) is 3. The van der Waals surface area contributed by atoms with Gasteiger partial charge in [0.2, 0.25) is 0 Å². The van der Waals surface area contributed by atoms with Crippen molar-refractivity contribution in [2.24, 2.45) is 0 Å². The Hall–Kier alpha value is -1.69. The van der Waals surface area contributed by atoms with Crippen LogP contribution >= 0.6 is 0 Å². The SMILES string of the molecule is CC1C=CN(Oc2ccc(C(F)(F)F)cc2)O1. The van der Waals surface area contributed by atoms with Crippen LogP contribution in [-0.4, -0.2) is 11.3 Å². The van der Waals surface area contributed by atoms with E-state index in [4.69, 9.17) is 9.68 Å². The summed E-state index contributed by atoms with van der Waals surface area (Å²) in [5, 5.41) is 1.10. The highest BCUT2D eigenvalue weighted by Gasteiger charge is 2.30. The molecule has 0 N–H and O–H groups in total. The van der Waals surface area contributed by atoms with Crippen LogP contribution in [0.2, 0.25) is 0 Å². The minimum absolute atomic E-state index is 0.107. The molecule has 0 saturated carbocycles. The number of halogens is 3. The summed E-state index contributed by atoms with van der Waals surface area (Å²) in [5.74, 6) is 0.275. The smallest absolute Gasteiger partial charge is 0.354 e. The third-order valence-electron chi connectivity index (χ3n) is 2.13. The highest BCUT2D eigenvalue weighted by atomic mass is 19.4. The lowest BCUT2D eigenvalue weighted by Crippen LogP contribution is -2.20. The molecule has 1 aliphatic rings. The van der Waals surface area contributed by atoms with E-state index >= 15 is 0 Å². The van der Waals surface area contributed by atoms with Gasteiger partial charge in [-0.15, -0.1) is 0 Å². The van der Waals surface area contributed by atoms with Crippen LogP contribution in [0.3, 0.4) is 0 Å². The van der Waals surface area contributed by atoms with Gasteiger partial charge in [0, 0.05) is 0 Å². The van der Waals surface area contributed by atoms with Gasteiger partial charge < -0.3 is 4.84 Å². The Kier molecular flexibility index (Phi) is 2.97. The molecule has 3 nitrogen and oxygen atoms in total. The fraction of sp³-hybridized carbons (Fsp3) is 0.273. The zero-order chi connectivity index (χ0) is 12.5. The molecule has 17 heavy (non-hydrogen) atoms. The standard InChI is InChI=1S/C11H10F3NO2/c1-8-6-7-15(16-8)17-10-4-2-9(3-5-10)11(12,13)14/h2-8H,1H3. The van der Waals surface area contributed by atoms with Crippen molar-refractivity contribution in [3.63, 3.8) is 0 Å². The van der Waals surface area contributed by atoms with Crippen LogP contribution < -0.4 is 4.84 Å². The van der Waals surface area contributed by atoms with Gasteiger partial charge in [-0.1, -0.05) is 5.23 Å². The van der Waals surface area contributed by atoms with Gasteiger partial charge in [0.25, 0.3) is 0 Å². The second-order valence-electron chi connectivity index (χ2n) is 3.55. The highest BCUT2D eigenvalue weighted by molar-refractivity contribution is 5.28. The lowest BCUT2D eigenvalue weighted by Gasteiger charge is -2.16.